The van der Waals surface area contributed by atoms with Crippen LogP contribution in [0.2, 0.25) is 0 Å². The van der Waals surface area contributed by atoms with E-state index in [1.807, 2.05) is 6.07 Å². The molecule has 1 fully saturated rings. The largest absolute Gasteiger partial charge is 0.508 e. The quantitative estimate of drug-likeness (QED) is 0.862. The molecule has 0 unspecified atom stereocenters. The fourth-order valence-corrected chi connectivity index (χ4v) is 3.42. The number of phenolic OH excluding ortho intramolecular Hbond substituents is 1. The fourth-order valence-electron chi connectivity index (χ4n) is 3.42. The van der Waals surface area contributed by atoms with Crippen LogP contribution in [0.3, 0.4) is 0 Å². The van der Waals surface area contributed by atoms with Crippen LogP contribution in [0.15, 0.2) is 24.3 Å². The zero-order valence-electron chi connectivity index (χ0n) is 14.1. The summed E-state index contributed by atoms with van der Waals surface area (Å²) in [7, 11) is 0. The van der Waals surface area contributed by atoms with Gasteiger partial charge in [-0.1, -0.05) is 45.4 Å². The number of rotatable bonds is 5. The minimum Gasteiger partial charge on any atom is -0.508 e. The Balaban J connectivity index is 1.81. The van der Waals surface area contributed by atoms with Gasteiger partial charge < -0.3 is 10.4 Å². The Morgan fingerprint density at radius 1 is 1.23 bits per heavy atom. The molecular formula is C19H29NO2. The lowest BCUT2D eigenvalue weighted by Crippen LogP contribution is -2.40. The van der Waals surface area contributed by atoms with Gasteiger partial charge >= 0.3 is 0 Å². The van der Waals surface area contributed by atoms with E-state index < -0.39 is 0 Å². The van der Waals surface area contributed by atoms with Gasteiger partial charge in [0.05, 0.1) is 6.42 Å². The van der Waals surface area contributed by atoms with E-state index in [2.05, 4.69) is 26.1 Å². The average molecular weight is 303 g/mol. The maximum absolute atomic E-state index is 12.1. The standard InChI is InChI=1S/C19H29NO2/c1-4-19(2,3)15-9-11-16(12-10-15)20-18(22)13-14-7-5-6-8-17(14)21/h5-8,15-16,21H,4,9-13H2,1-3H3,(H,20,22). The summed E-state index contributed by atoms with van der Waals surface area (Å²) in [5.41, 5.74) is 1.10. The maximum atomic E-state index is 12.1. The first-order chi connectivity index (χ1) is 10.4. The van der Waals surface area contributed by atoms with Crippen molar-refractivity contribution in [1.82, 2.24) is 5.32 Å². The predicted octanol–water partition coefficient (Wildman–Crippen LogP) is 4.05. The van der Waals surface area contributed by atoms with Crippen molar-refractivity contribution < 1.29 is 9.90 Å². The predicted molar refractivity (Wildman–Crippen MR) is 89.8 cm³/mol. The van der Waals surface area contributed by atoms with Crippen LogP contribution in [-0.2, 0) is 11.2 Å². The molecule has 1 aliphatic rings. The fraction of sp³-hybridized carbons (Fsp3) is 0.632. The SMILES string of the molecule is CCC(C)(C)C1CCC(NC(=O)Cc2ccccc2O)CC1. The van der Waals surface area contributed by atoms with Gasteiger partial charge in [0.25, 0.3) is 0 Å². The second-order valence-corrected chi connectivity index (χ2v) is 7.26. The van der Waals surface area contributed by atoms with Crippen LogP contribution in [0.1, 0.15) is 58.4 Å². The molecule has 0 spiro atoms. The van der Waals surface area contributed by atoms with E-state index in [9.17, 15) is 9.90 Å². The van der Waals surface area contributed by atoms with Gasteiger partial charge in [-0.2, -0.15) is 0 Å². The van der Waals surface area contributed by atoms with Gasteiger partial charge in [0.1, 0.15) is 5.75 Å². The summed E-state index contributed by atoms with van der Waals surface area (Å²) in [6, 6.07) is 7.34. The molecule has 1 aromatic rings. The zero-order chi connectivity index (χ0) is 16.2. The number of aromatic hydroxyl groups is 1. The molecule has 1 aliphatic carbocycles. The van der Waals surface area contributed by atoms with Crippen molar-refractivity contribution in [2.45, 2.75) is 65.3 Å². The van der Waals surface area contributed by atoms with Crippen LogP contribution >= 0.6 is 0 Å². The topological polar surface area (TPSA) is 49.3 Å². The lowest BCUT2D eigenvalue weighted by Gasteiger charge is -2.39. The van der Waals surface area contributed by atoms with E-state index in [1.54, 1.807) is 18.2 Å². The molecule has 122 valence electrons. The summed E-state index contributed by atoms with van der Waals surface area (Å²) in [6.07, 6.45) is 6.00. The van der Waals surface area contributed by atoms with Crippen molar-refractivity contribution in [1.29, 1.82) is 0 Å². The Kier molecular flexibility index (Phi) is 5.49. The van der Waals surface area contributed by atoms with Crippen molar-refractivity contribution in [2.24, 2.45) is 11.3 Å². The van der Waals surface area contributed by atoms with Crippen molar-refractivity contribution in [3.63, 3.8) is 0 Å². The number of carbonyl (C=O) groups is 1. The molecule has 0 saturated heterocycles. The third kappa shape index (κ3) is 4.25. The highest BCUT2D eigenvalue weighted by Crippen LogP contribution is 2.40. The van der Waals surface area contributed by atoms with Gasteiger partial charge in [-0.15, -0.1) is 0 Å². The molecule has 0 aliphatic heterocycles. The molecule has 22 heavy (non-hydrogen) atoms. The van der Waals surface area contributed by atoms with Crippen LogP contribution in [0.25, 0.3) is 0 Å². The van der Waals surface area contributed by atoms with Crippen LogP contribution in [0.4, 0.5) is 0 Å². The van der Waals surface area contributed by atoms with Crippen LogP contribution in [0, 0.1) is 11.3 Å². The van der Waals surface area contributed by atoms with Crippen molar-refractivity contribution in [3.05, 3.63) is 29.8 Å². The minimum absolute atomic E-state index is 0.0136. The zero-order valence-corrected chi connectivity index (χ0v) is 14.1. The number of carbonyl (C=O) groups excluding carboxylic acids is 1. The van der Waals surface area contributed by atoms with E-state index >= 15 is 0 Å². The molecule has 0 aromatic heterocycles. The molecule has 2 rings (SSSR count). The highest BCUT2D eigenvalue weighted by atomic mass is 16.3. The highest BCUT2D eigenvalue weighted by Gasteiger charge is 2.32. The second-order valence-electron chi connectivity index (χ2n) is 7.26. The molecular weight excluding hydrogens is 274 g/mol. The molecule has 1 aromatic carbocycles. The smallest absolute Gasteiger partial charge is 0.224 e. The molecule has 0 bridgehead atoms. The van der Waals surface area contributed by atoms with Crippen LogP contribution in [-0.4, -0.2) is 17.1 Å². The van der Waals surface area contributed by atoms with E-state index in [0.717, 1.165) is 18.8 Å². The summed E-state index contributed by atoms with van der Waals surface area (Å²) in [5.74, 6) is 0.981. The molecule has 2 N–H and O–H groups in total. The first-order valence-corrected chi connectivity index (χ1v) is 8.48. The number of hydrogen-bond donors (Lipinski definition) is 2. The molecule has 1 saturated carbocycles. The van der Waals surface area contributed by atoms with E-state index in [4.69, 9.17) is 0 Å². The number of amides is 1. The summed E-state index contributed by atoms with van der Waals surface area (Å²) >= 11 is 0. The van der Waals surface area contributed by atoms with Crippen molar-refractivity contribution in [3.8, 4) is 5.75 Å². The highest BCUT2D eigenvalue weighted by molar-refractivity contribution is 5.79. The van der Waals surface area contributed by atoms with Gasteiger partial charge in [0.2, 0.25) is 5.91 Å². The number of phenols is 1. The second kappa shape index (κ2) is 7.17. The molecule has 0 radical (unpaired) electrons. The maximum Gasteiger partial charge on any atom is 0.224 e. The van der Waals surface area contributed by atoms with Crippen LogP contribution < -0.4 is 5.32 Å². The Morgan fingerprint density at radius 2 is 1.86 bits per heavy atom. The normalized spacial score (nSPS) is 22.3. The molecule has 0 atom stereocenters. The third-order valence-electron chi connectivity index (χ3n) is 5.45. The van der Waals surface area contributed by atoms with Gasteiger partial charge in [0.15, 0.2) is 0 Å². The van der Waals surface area contributed by atoms with Crippen molar-refractivity contribution in [2.75, 3.05) is 0 Å². The number of nitrogens with one attached hydrogen (secondary N) is 1. The van der Waals surface area contributed by atoms with Gasteiger partial charge in [-0.3, -0.25) is 4.79 Å². The van der Waals surface area contributed by atoms with Crippen LogP contribution in [0.5, 0.6) is 5.75 Å². The van der Waals surface area contributed by atoms with E-state index in [-0.39, 0.29) is 18.1 Å². The minimum atomic E-state index is 0.0136. The van der Waals surface area contributed by atoms with E-state index in [1.165, 1.54) is 19.3 Å². The number of para-hydroxylation sites is 1. The first-order valence-electron chi connectivity index (χ1n) is 8.48. The Hall–Kier alpha value is -1.51. The van der Waals surface area contributed by atoms with Crippen molar-refractivity contribution >= 4 is 5.91 Å². The Bertz CT molecular complexity index is 502. The molecule has 3 nitrogen and oxygen atoms in total. The number of hydrogen-bond acceptors (Lipinski definition) is 2. The Labute approximate surface area is 134 Å². The van der Waals surface area contributed by atoms with E-state index in [0.29, 0.717) is 17.0 Å². The summed E-state index contributed by atoms with van der Waals surface area (Å²) in [4.78, 5) is 12.1. The molecule has 3 heteroatoms. The summed E-state index contributed by atoms with van der Waals surface area (Å²) in [5, 5.41) is 12.9. The summed E-state index contributed by atoms with van der Waals surface area (Å²) < 4.78 is 0. The third-order valence-corrected chi connectivity index (χ3v) is 5.45. The lowest BCUT2D eigenvalue weighted by molar-refractivity contribution is -0.121. The monoisotopic (exact) mass is 303 g/mol. The van der Waals surface area contributed by atoms with Gasteiger partial charge in [0, 0.05) is 11.6 Å². The molecule has 0 heterocycles. The van der Waals surface area contributed by atoms with Gasteiger partial charge in [-0.25, -0.2) is 0 Å². The summed E-state index contributed by atoms with van der Waals surface area (Å²) in [6.45, 7) is 6.98. The average Bonchev–Trinajstić information content (AvgIpc) is 2.50. The van der Waals surface area contributed by atoms with Gasteiger partial charge in [-0.05, 0) is 43.1 Å². The first kappa shape index (κ1) is 16.9. The number of benzene rings is 1. The Morgan fingerprint density at radius 3 is 2.45 bits per heavy atom. The lowest BCUT2D eigenvalue weighted by atomic mass is 9.69. The molecule has 1 amide bonds.